The Hall–Kier alpha value is -2.45. The number of carbonyl (C=O) groups is 2. The molecular weight excluding hydrogens is 444 g/mol. The fraction of sp³-hybridized carbons (Fsp3) is 0.200. The van der Waals surface area contributed by atoms with Crippen molar-refractivity contribution in [3.63, 3.8) is 0 Å². The largest absolute Gasteiger partial charge is 0.457 e. The number of aromatic nitrogens is 2. The molecule has 28 heavy (non-hydrogen) atoms. The number of Topliss-reactive ketones (excluding diaryl/α,β-unsaturated/α-hetero) is 1. The maximum atomic E-state index is 12.5. The first-order valence-electron chi connectivity index (χ1n) is 8.45. The number of carbonyl (C=O) groups excluding carboxylic acids is 2. The molecule has 0 aliphatic rings. The third-order valence-electron chi connectivity index (χ3n) is 4.12. The Morgan fingerprint density at radius 2 is 1.93 bits per heavy atom. The molecule has 0 fully saturated rings. The average Bonchev–Trinajstić information content (AvgIpc) is 2.72. The molecule has 0 radical (unpaired) electrons. The second-order valence-corrected chi connectivity index (χ2v) is 7.76. The van der Waals surface area contributed by atoms with Crippen LogP contribution in [0.2, 0.25) is 0 Å². The van der Waals surface area contributed by atoms with Gasteiger partial charge in [-0.15, -0.1) is 11.8 Å². The first-order chi connectivity index (χ1) is 13.5. The van der Waals surface area contributed by atoms with Gasteiger partial charge in [0.15, 0.2) is 12.4 Å². The minimum atomic E-state index is -0.546. The Morgan fingerprint density at radius 1 is 1.18 bits per heavy atom. The highest BCUT2D eigenvalue weighted by atomic mass is 79.9. The van der Waals surface area contributed by atoms with Crippen molar-refractivity contribution in [2.45, 2.75) is 17.9 Å². The van der Waals surface area contributed by atoms with E-state index >= 15 is 0 Å². The topological polar surface area (TPSA) is 78.3 Å². The summed E-state index contributed by atoms with van der Waals surface area (Å²) in [5, 5.41) is 0.467. The summed E-state index contributed by atoms with van der Waals surface area (Å²) < 4.78 is 7.18. The van der Waals surface area contributed by atoms with Crippen molar-refractivity contribution >= 4 is 50.3 Å². The van der Waals surface area contributed by atoms with Crippen LogP contribution in [0.1, 0.15) is 16.8 Å². The molecule has 0 amide bonds. The highest BCUT2D eigenvalue weighted by Crippen LogP contribution is 2.16. The van der Waals surface area contributed by atoms with Gasteiger partial charge in [0.2, 0.25) is 0 Å². The highest BCUT2D eigenvalue weighted by Gasteiger charge is 2.11. The molecular formula is C20H17BrN2O4S. The zero-order chi connectivity index (χ0) is 20.1. The van der Waals surface area contributed by atoms with Crippen molar-refractivity contribution in [2.75, 3.05) is 12.9 Å². The summed E-state index contributed by atoms with van der Waals surface area (Å²) in [6.45, 7) is -0.195. The summed E-state index contributed by atoms with van der Waals surface area (Å²) in [5.41, 5.74) is 0.848. The second kappa shape index (κ2) is 9.16. The van der Waals surface area contributed by atoms with Gasteiger partial charge in [-0.2, -0.15) is 0 Å². The van der Waals surface area contributed by atoms with Crippen LogP contribution in [0.5, 0.6) is 0 Å². The van der Waals surface area contributed by atoms with Crippen molar-refractivity contribution in [3.8, 4) is 0 Å². The standard InChI is InChI=1S/C20H17BrN2O4S/c1-28-15-5-2-13(3-6-15)18(24)11-27-19(25)8-9-23-12-22-17-7-4-14(21)10-16(17)20(23)26/h2-7,10,12H,8-9,11H2,1H3. The third-order valence-corrected chi connectivity index (χ3v) is 5.36. The van der Waals surface area contributed by atoms with Gasteiger partial charge in [0.25, 0.3) is 5.56 Å². The molecule has 144 valence electrons. The van der Waals surface area contributed by atoms with Gasteiger partial charge in [0.1, 0.15) is 0 Å². The fourth-order valence-electron chi connectivity index (χ4n) is 2.58. The zero-order valence-corrected chi connectivity index (χ0v) is 17.5. The Balaban J connectivity index is 1.57. The molecule has 0 saturated carbocycles. The molecule has 0 aliphatic heterocycles. The molecule has 0 aliphatic carbocycles. The lowest BCUT2D eigenvalue weighted by Crippen LogP contribution is -2.23. The van der Waals surface area contributed by atoms with E-state index in [-0.39, 0.29) is 30.9 Å². The number of benzene rings is 2. The van der Waals surface area contributed by atoms with Crippen molar-refractivity contribution in [2.24, 2.45) is 0 Å². The Kier molecular flexibility index (Phi) is 6.64. The van der Waals surface area contributed by atoms with Crippen molar-refractivity contribution in [3.05, 3.63) is 69.2 Å². The molecule has 0 unspecified atom stereocenters. The number of hydrogen-bond acceptors (Lipinski definition) is 6. The molecule has 8 heteroatoms. The first kappa shape index (κ1) is 20.3. The maximum Gasteiger partial charge on any atom is 0.308 e. The molecule has 0 bridgehead atoms. The van der Waals surface area contributed by atoms with E-state index < -0.39 is 5.97 Å². The summed E-state index contributed by atoms with van der Waals surface area (Å²) in [7, 11) is 0. The van der Waals surface area contributed by atoms with Crippen LogP contribution < -0.4 is 5.56 Å². The SMILES string of the molecule is CSc1ccc(C(=O)COC(=O)CCn2cnc3ccc(Br)cc3c2=O)cc1. The Bertz CT molecular complexity index is 1080. The van der Waals surface area contributed by atoms with Crippen LogP contribution >= 0.6 is 27.7 Å². The van der Waals surface area contributed by atoms with Crippen LogP contribution in [-0.4, -0.2) is 34.2 Å². The summed E-state index contributed by atoms with van der Waals surface area (Å²) in [6, 6.07) is 12.4. The number of hydrogen-bond donors (Lipinski definition) is 0. The van der Waals surface area contributed by atoms with Crippen LogP contribution in [0.15, 0.2) is 63.0 Å². The van der Waals surface area contributed by atoms with E-state index in [1.54, 1.807) is 36.0 Å². The minimum absolute atomic E-state index is 0.0280. The number of ketones is 1. The number of nitrogens with zero attached hydrogens (tertiary/aromatic N) is 2. The fourth-order valence-corrected chi connectivity index (χ4v) is 3.35. The number of ether oxygens (including phenoxy) is 1. The van der Waals surface area contributed by atoms with Crippen molar-refractivity contribution in [1.29, 1.82) is 0 Å². The molecule has 1 aromatic heterocycles. The molecule has 0 N–H and O–H groups in total. The quantitative estimate of drug-likeness (QED) is 0.303. The summed E-state index contributed by atoms with van der Waals surface area (Å²) in [6.07, 6.45) is 3.33. The number of esters is 1. The molecule has 0 saturated heterocycles. The molecule has 2 aromatic carbocycles. The lowest BCUT2D eigenvalue weighted by Gasteiger charge is -2.08. The second-order valence-electron chi connectivity index (χ2n) is 5.97. The molecule has 3 rings (SSSR count). The van der Waals surface area contributed by atoms with E-state index in [1.807, 2.05) is 24.5 Å². The van der Waals surface area contributed by atoms with E-state index in [0.29, 0.717) is 16.5 Å². The van der Waals surface area contributed by atoms with Gasteiger partial charge in [0.05, 0.1) is 23.7 Å². The van der Waals surface area contributed by atoms with Crippen LogP contribution in [0, 0.1) is 0 Å². The highest BCUT2D eigenvalue weighted by molar-refractivity contribution is 9.10. The molecule has 0 atom stereocenters. The van der Waals surface area contributed by atoms with Crippen LogP contribution in [0.3, 0.4) is 0 Å². The minimum Gasteiger partial charge on any atom is -0.457 e. The van der Waals surface area contributed by atoms with Gasteiger partial charge in [-0.05, 0) is 36.6 Å². The third kappa shape index (κ3) is 4.88. The van der Waals surface area contributed by atoms with E-state index in [2.05, 4.69) is 20.9 Å². The van der Waals surface area contributed by atoms with Gasteiger partial charge in [-0.3, -0.25) is 19.0 Å². The number of halogens is 1. The smallest absolute Gasteiger partial charge is 0.308 e. The monoisotopic (exact) mass is 460 g/mol. The molecule has 6 nitrogen and oxygen atoms in total. The average molecular weight is 461 g/mol. The van der Waals surface area contributed by atoms with E-state index in [4.69, 9.17) is 4.74 Å². The number of thioether (sulfide) groups is 1. The Morgan fingerprint density at radius 3 is 2.64 bits per heavy atom. The lowest BCUT2D eigenvalue weighted by molar-refractivity contribution is -0.142. The first-order valence-corrected chi connectivity index (χ1v) is 10.5. The molecule has 0 spiro atoms. The summed E-state index contributed by atoms with van der Waals surface area (Å²) in [5.74, 6) is -0.814. The van der Waals surface area contributed by atoms with Crippen LogP contribution in [0.4, 0.5) is 0 Å². The molecule has 3 aromatic rings. The molecule has 1 heterocycles. The van der Waals surface area contributed by atoms with Crippen molar-refractivity contribution < 1.29 is 14.3 Å². The predicted octanol–water partition coefficient (Wildman–Crippen LogP) is 3.70. The van der Waals surface area contributed by atoms with Gasteiger partial charge >= 0.3 is 5.97 Å². The number of rotatable bonds is 7. The predicted molar refractivity (Wildman–Crippen MR) is 112 cm³/mol. The lowest BCUT2D eigenvalue weighted by atomic mass is 10.1. The van der Waals surface area contributed by atoms with Gasteiger partial charge in [0, 0.05) is 21.5 Å². The van der Waals surface area contributed by atoms with Gasteiger partial charge in [-0.1, -0.05) is 28.1 Å². The number of aryl methyl sites for hydroxylation is 1. The van der Waals surface area contributed by atoms with Crippen LogP contribution in [0.25, 0.3) is 10.9 Å². The zero-order valence-electron chi connectivity index (χ0n) is 15.1. The van der Waals surface area contributed by atoms with E-state index in [0.717, 1.165) is 9.37 Å². The maximum absolute atomic E-state index is 12.5. The van der Waals surface area contributed by atoms with Gasteiger partial charge in [-0.25, -0.2) is 4.98 Å². The Labute approximate surface area is 174 Å². The summed E-state index contributed by atoms with van der Waals surface area (Å²) in [4.78, 5) is 41.8. The number of fused-ring (bicyclic) bond motifs is 1. The van der Waals surface area contributed by atoms with Gasteiger partial charge < -0.3 is 4.74 Å². The summed E-state index contributed by atoms with van der Waals surface area (Å²) >= 11 is 4.91. The van der Waals surface area contributed by atoms with Crippen LogP contribution in [-0.2, 0) is 16.1 Å². The normalized spacial score (nSPS) is 10.8. The van der Waals surface area contributed by atoms with E-state index in [9.17, 15) is 14.4 Å². The van der Waals surface area contributed by atoms with E-state index in [1.165, 1.54) is 10.9 Å². The van der Waals surface area contributed by atoms with Crippen molar-refractivity contribution in [1.82, 2.24) is 9.55 Å².